The minimum absolute atomic E-state index is 0.114. The number of anilines is 1. The zero-order chi connectivity index (χ0) is 15.6. The number of nitrogens with zero attached hydrogens (tertiary/aromatic N) is 1. The van der Waals surface area contributed by atoms with E-state index in [-0.39, 0.29) is 16.9 Å². The van der Waals surface area contributed by atoms with Gasteiger partial charge in [0.2, 0.25) is 5.91 Å². The van der Waals surface area contributed by atoms with Crippen LogP contribution in [-0.2, 0) is 9.59 Å². The zero-order valence-electron chi connectivity index (χ0n) is 12.6. The Morgan fingerprint density at radius 3 is 2.76 bits per heavy atom. The van der Waals surface area contributed by atoms with Gasteiger partial charge in [0.05, 0.1) is 5.69 Å². The molecule has 0 aliphatic carbocycles. The van der Waals surface area contributed by atoms with Crippen LogP contribution >= 0.6 is 27.7 Å². The van der Waals surface area contributed by atoms with E-state index in [0.29, 0.717) is 18.9 Å². The molecule has 1 aliphatic heterocycles. The lowest BCUT2D eigenvalue weighted by atomic mass is 10.0. The Balaban J connectivity index is 2.11. The van der Waals surface area contributed by atoms with Crippen molar-refractivity contribution in [2.45, 2.75) is 33.1 Å². The molecule has 1 aromatic carbocycles. The zero-order valence-corrected chi connectivity index (χ0v) is 15.0. The smallest absolute Gasteiger partial charge is 0.227 e. The number of hydrogen-bond donors (Lipinski definition) is 0. The lowest BCUT2D eigenvalue weighted by molar-refractivity contribution is -0.117. The molecule has 0 aromatic heterocycles. The monoisotopic (exact) mass is 369 g/mol. The van der Waals surface area contributed by atoms with Crippen molar-refractivity contribution in [1.29, 1.82) is 0 Å². The van der Waals surface area contributed by atoms with Gasteiger partial charge in [-0.15, -0.1) is 0 Å². The van der Waals surface area contributed by atoms with E-state index in [2.05, 4.69) is 41.9 Å². The van der Waals surface area contributed by atoms with E-state index in [4.69, 9.17) is 0 Å². The van der Waals surface area contributed by atoms with Crippen LogP contribution in [0.1, 0.15) is 38.7 Å². The molecule has 3 nitrogen and oxygen atoms in total. The van der Waals surface area contributed by atoms with Crippen LogP contribution < -0.4 is 4.90 Å². The number of rotatable bonds is 4. The Bertz CT molecular complexity index is 559. The van der Waals surface area contributed by atoms with Crippen molar-refractivity contribution in [2.75, 3.05) is 17.2 Å². The van der Waals surface area contributed by atoms with Crippen molar-refractivity contribution in [2.24, 2.45) is 5.92 Å². The van der Waals surface area contributed by atoms with Crippen LogP contribution in [0.15, 0.2) is 22.7 Å². The van der Waals surface area contributed by atoms with Crippen LogP contribution in [-0.4, -0.2) is 23.3 Å². The Hall–Kier alpha value is -0.810. The standard InChI is InChI=1S/C16H20BrNO2S/c1-10(2)13-4-5-15(14(17)7-13)18-8-12(6-16(18)20)9-21-11(3)19/h4-5,7,10,12H,6,8-9H2,1-3H3. The highest BCUT2D eigenvalue weighted by Crippen LogP contribution is 2.34. The van der Waals surface area contributed by atoms with Gasteiger partial charge in [-0.2, -0.15) is 0 Å². The number of amides is 1. The summed E-state index contributed by atoms with van der Waals surface area (Å²) < 4.78 is 0.960. The van der Waals surface area contributed by atoms with Crippen LogP contribution in [0, 0.1) is 5.92 Å². The van der Waals surface area contributed by atoms with Crippen LogP contribution in [0.2, 0.25) is 0 Å². The highest BCUT2D eigenvalue weighted by Gasteiger charge is 2.31. The number of thioether (sulfide) groups is 1. The van der Waals surface area contributed by atoms with Crippen molar-refractivity contribution >= 4 is 44.4 Å². The van der Waals surface area contributed by atoms with E-state index >= 15 is 0 Å². The molecule has 114 valence electrons. The third-order valence-electron chi connectivity index (χ3n) is 3.66. The number of carbonyl (C=O) groups is 2. The van der Waals surface area contributed by atoms with Crippen LogP contribution in [0.4, 0.5) is 5.69 Å². The second-order valence-corrected chi connectivity index (χ2v) is 7.79. The van der Waals surface area contributed by atoms with Crippen molar-refractivity contribution in [3.8, 4) is 0 Å². The molecule has 1 unspecified atom stereocenters. The minimum atomic E-state index is 0.114. The molecule has 5 heteroatoms. The maximum atomic E-state index is 12.2. The predicted octanol–water partition coefficient (Wildman–Crippen LogP) is 4.21. The summed E-state index contributed by atoms with van der Waals surface area (Å²) in [5, 5.41) is 0.114. The van der Waals surface area contributed by atoms with Crippen molar-refractivity contribution in [1.82, 2.24) is 0 Å². The molecule has 0 N–H and O–H groups in total. The van der Waals surface area contributed by atoms with Gasteiger partial charge >= 0.3 is 0 Å². The summed E-state index contributed by atoms with van der Waals surface area (Å²) in [6.45, 7) is 6.56. The molecule has 2 rings (SSSR count). The van der Waals surface area contributed by atoms with Gasteiger partial charge in [0.25, 0.3) is 0 Å². The topological polar surface area (TPSA) is 37.4 Å². The maximum Gasteiger partial charge on any atom is 0.227 e. The molecule has 1 heterocycles. The molecule has 21 heavy (non-hydrogen) atoms. The second-order valence-electron chi connectivity index (χ2n) is 5.74. The molecule has 1 fully saturated rings. The average Bonchev–Trinajstić information content (AvgIpc) is 2.77. The predicted molar refractivity (Wildman–Crippen MR) is 91.8 cm³/mol. The van der Waals surface area contributed by atoms with E-state index in [1.807, 2.05) is 11.0 Å². The first-order valence-corrected chi connectivity index (χ1v) is 8.89. The first-order chi connectivity index (χ1) is 9.88. The first-order valence-electron chi connectivity index (χ1n) is 7.11. The Labute approximate surface area is 138 Å². The van der Waals surface area contributed by atoms with Gasteiger partial charge in [-0.05, 0) is 45.5 Å². The molecule has 1 amide bonds. The molecular formula is C16H20BrNO2S. The summed E-state index contributed by atoms with van der Waals surface area (Å²) >= 11 is 4.89. The van der Waals surface area contributed by atoms with Gasteiger partial charge in [0.15, 0.2) is 5.12 Å². The fourth-order valence-corrected chi connectivity index (χ4v) is 3.77. The molecule has 1 aliphatic rings. The quantitative estimate of drug-likeness (QED) is 0.797. The highest BCUT2D eigenvalue weighted by atomic mass is 79.9. The summed E-state index contributed by atoms with van der Waals surface area (Å²) in [5.41, 5.74) is 2.18. The Morgan fingerprint density at radius 2 is 2.19 bits per heavy atom. The van der Waals surface area contributed by atoms with E-state index < -0.39 is 0 Å². The summed E-state index contributed by atoms with van der Waals surface area (Å²) in [6.07, 6.45) is 0.526. The van der Waals surface area contributed by atoms with Crippen LogP contribution in [0.5, 0.6) is 0 Å². The number of carbonyl (C=O) groups excluding carboxylic acids is 2. The maximum absolute atomic E-state index is 12.2. The summed E-state index contributed by atoms with van der Waals surface area (Å²) in [5.74, 6) is 1.58. The van der Waals surface area contributed by atoms with Gasteiger partial charge in [0, 0.05) is 30.1 Å². The lowest BCUT2D eigenvalue weighted by Crippen LogP contribution is -2.25. The molecular weight excluding hydrogens is 350 g/mol. The largest absolute Gasteiger partial charge is 0.311 e. The lowest BCUT2D eigenvalue weighted by Gasteiger charge is -2.19. The number of halogens is 1. The van der Waals surface area contributed by atoms with E-state index in [1.54, 1.807) is 6.92 Å². The van der Waals surface area contributed by atoms with Gasteiger partial charge in [0.1, 0.15) is 0 Å². The second kappa shape index (κ2) is 6.97. The Morgan fingerprint density at radius 1 is 1.48 bits per heavy atom. The number of hydrogen-bond acceptors (Lipinski definition) is 3. The summed E-state index contributed by atoms with van der Waals surface area (Å²) in [7, 11) is 0. The van der Waals surface area contributed by atoms with Crippen LogP contribution in [0.3, 0.4) is 0 Å². The van der Waals surface area contributed by atoms with E-state index in [1.165, 1.54) is 17.3 Å². The molecule has 0 bridgehead atoms. The molecule has 1 aromatic rings. The fourth-order valence-electron chi connectivity index (χ4n) is 2.46. The van der Waals surface area contributed by atoms with Gasteiger partial charge in [-0.3, -0.25) is 9.59 Å². The molecule has 0 spiro atoms. The normalized spacial score (nSPS) is 18.6. The molecule has 0 radical (unpaired) electrons. The van der Waals surface area contributed by atoms with Crippen LogP contribution in [0.25, 0.3) is 0 Å². The third kappa shape index (κ3) is 4.10. The highest BCUT2D eigenvalue weighted by molar-refractivity contribution is 9.10. The molecule has 0 saturated carbocycles. The summed E-state index contributed by atoms with van der Waals surface area (Å²) in [4.78, 5) is 25.1. The fraction of sp³-hybridized carbons (Fsp3) is 0.500. The molecule has 1 atom stereocenters. The summed E-state index contributed by atoms with van der Waals surface area (Å²) in [6, 6.07) is 6.18. The number of benzene rings is 1. The van der Waals surface area contributed by atoms with E-state index in [0.717, 1.165) is 15.9 Å². The van der Waals surface area contributed by atoms with E-state index in [9.17, 15) is 9.59 Å². The van der Waals surface area contributed by atoms with Crippen molar-refractivity contribution < 1.29 is 9.59 Å². The first kappa shape index (κ1) is 16.6. The van der Waals surface area contributed by atoms with Gasteiger partial charge in [-0.1, -0.05) is 31.7 Å². The van der Waals surface area contributed by atoms with Crippen molar-refractivity contribution in [3.63, 3.8) is 0 Å². The third-order valence-corrected chi connectivity index (χ3v) is 5.34. The average molecular weight is 370 g/mol. The molecule has 1 saturated heterocycles. The van der Waals surface area contributed by atoms with Gasteiger partial charge < -0.3 is 4.90 Å². The Kier molecular flexibility index (Phi) is 5.49. The minimum Gasteiger partial charge on any atom is -0.311 e. The van der Waals surface area contributed by atoms with Gasteiger partial charge in [-0.25, -0.2) is 0 Å². The SMILES string of the molecule is CC(=O)SCC1CC(=O)N(c2ccc(C(C)C)cc2Br)C1. The van der Waals surface area contributed by atoms with Crippen molar-refractivity contribution in [3.05, 3.63) is 28.2 Å².